The smallest absolute Gasteiger partial charge is 0.273 e. The van der Waals surface area contributed by atoms with Crippen molar-refractivity contribution in [2.45, 2.75) is 6.92 Å². The second-order valence-electron chi connectivity index (χ2n) is 5.48. The first kappa shape index (κ1) is 19.6. The highest BCUT2D eigenvalue weighted by molar-refractivity contribution is 6.01. The van der Waals surface area contributed by atoms with Crippen molar-refractivity contribution in [3.8, 4) is 17.2 Å². The fraction of sp³-hybridized carbons (Fsp3) is 0.158. The molecule has 2 amide bonds. The van der Waals surface area contributed by atoms with Gasteiger partial charge in [0.1, 0.15) is 17.2 Å². The van der Waals surface area contributed by atoms with E-state index in [-0.39, 0.29) is 11.3 Å². The zero-order chi connectivity index (χ0) is 19.8. The number of hydrogen-bond acceptors (Lipinski definition) is 6. The predicted molar refractivity (Wildman–Crippen MR) is 101 cm³/mol. The minimum absolute atomic E-state index is 0.114. The summed E-state index contributed by atoms with van der Waals surface area (Å²) >= 11 is 0. The number of carbonyl (C=O) groups is 2. The number of amides is 2. The molecule has 0 heterocycles. The minimum atomic E-state index is -0.532. The monoisotopic (exact) mass is 371 g/mol. The van der Waals surface area contributed by atoms with Gasteiger partial charge in [0.15, 0.2) is 0 Å². The molecule has 0 bridgehead atoms. The largest absolute Gasteiger partial charge is 0.507 e. The van der Waals surface area contributed by atoms with Crippen LogP contribution in [0, 0.1) is 0 Å². The summed E-state index contributed by atoms with van der Waals surface area (Å²) in [5.74, 6) is -0.0451. The molecule has 0 saturated carbocycles. The van der Waals surface area contributed by atoms with E-state index < -0.39 is 11.8 Å². The number of carbonyl (C=O) groups excluding carboxylic acids is 2. The Hall–Kier alpha value is -3.68. The maximum Gasteiger partial charge on any atom is 0.273 e. The number of anilines is 1. The normalized spacial score (nSPS) is 10.7. The lowest BCUT2D eigenvalue weighted by Crippen LogP contribution is -2.36. The van der Waals surface area contributed by atoms with Crippen molar-refractivity contribution >= 4 is 17.5 Å². The van der Waals surface area contributed by atoms with E-state index in [1.807, 2.05) is 0 Å². The van der Waals surface area contributed by atoms with Gasteiger partial charge in [-0.3, -0.25) is 15.0 Å². The van der Waals surface area contributed by atoms with Crippen LogP contribution in [0.4, 0.5) is 5.69 Å². The molecule has 0 unspecified atom stereocenters. The van der Waals surface area contributed by atoms with Gasteiger partial charge < -0.3 is 25.3 Å². The van der Waals surface area contributed by atoms with E-state index in [1.165, 1.54) is 32.4 Å². The van der Waals surface area contributed by atoms with Crippen LogP contribution in [0.15, 0.2) is 54.2 Å². The summed E-state index contributed by atoms with van der Waals surface area (Å²) < 4.78 is 10.3. The van der Waals surface area contributed by atoms with Gasteiger partial charge in [-0.05, 0) is 31.2 Å². The van der Waals surface area contributed by atoms with Crippen LogP contribution >= 0.6 is 0 Å². The molecule has 8 nitrogen and oxygen atoms in total. The molecular formula is C19H21N3O5. The van der Waals surface area contributed by atoms with Crippen LogP contribution in [0.3, 0.4) is 0 Å². The number of ether oxygens (including phenoxy) is 2. The number of rotatable bonds is 7. The van der Waals surface area contributed by atoms with Crippen molar-refractivity contribution < 1.29 is 24.2 Å². The number of hydrazine groups is 1. The number of para-hydroxylation sites is 1. The number of nitrogens with one attached hydrogen (secondary N) is 3. The van der Waals surface area contributed by atoms with Crippen molar-refractivity contribution in [2.75, 3.05) is 19.5 Å². The molecule has 0 fully saturated rings. The standard InChI is InChI=1S/C19H21N3O5/c1-12(21-22-19(25)14-6-4-5-7-16(14)23)10-18(24)20-15-11-13(26-2)8-9-17(15)27-3/h4-11,21,23H,1-3H3,(H,20,24)(H,22,25)/b12-10-. The number of benzene rings is 2. The lowest BCUT2D eigenvalue weighted by atomic mass is 10.2. The third kappa shape index (κ3) is 5.40. The quantitative estimate of drug-likeness (QED) is 0.439. The van der Waals surface area contributed by atoms with Crippen molar-refractivity contribution in [3.63, 3.8) is 0 Å². The molecular weight excluding hydrogens is 350 g/mol. The molecule has 8 heteroatoms. The average molecular weight is 371 g/mol. The van der Waals surface area contributed by atoms with Crippen LogP contribution in [0.2, 0.25) is 0 Å². The molecule has 0 spiro atoms. The Morgan fingerprint density at radius 2 is 1.78 bits per heavy atom. The van der Waals surface area contributed by atoms with Crippen molar-refractivity contribution in [3.05, 3.63) is 59.8 Å². The van der Waals surface area contributed by atoms with Crippen LogP contribution in [0.5, 0.6) is 17.2 Å². The highest BCUT2D eigenvalue weighted by Gasteiger charge is 2.10. The Morgan fingerprint density at radius 3 is 2.44 bits per heavy atom. The lowest BCUT2D eigenvalue weighted by Gasteiger charge is -2.12. The molecule has 0 saturated heterocycles. The van der Waals surface area contributed by atoms with Gasteiger partial charge in [-0.15, -0.1) is 0 Å². The summed E-state index contributed by atoms with van der Waals surface area (Å²) in [7, 11) is 3.02. The molecule has 27 heavy (non-hydrogen) atoms. The SMILES string of the molecule is COc1ccc(OC)c(NC(=O)/C=C(/C)NNC(=O)c2ccccc2O)c1. The number of allylic oxidation sites excluding steroid dienone is 1. The number of aromatic hydroxyl groups is 1. The van der Waals surface area contributed by atoms with Crippen LogP contribution in [-0.2, 0) is 4.79 Å². The Bertz CT molecular complexity index is 864. The van der Waals surface area contributed by atoms with E-state index in [0.29, 0.717) is 22.9 Å². The number of hydrogen-bond donors (Lipinski definition) is 4. The van der Waals surface area contributed by atoms with Gasteiger partial charge in [-0.1, -0.05) is 12.1 Å². The summed E-state index contributed by atoms with van der Waals surface area (Å²) in [6, 6.07) is 11.2. The van der Waals surface area contributed by atoms with E-state index in [0.717, 1.165) is 0 Å². The number of methoxy groups -OCH3 is 2. The van der Waals surface area contributed by atoms with E-state index in [4.69, 9.17) is 9.47 Å². The maximum atomic E-state index is 12.2. The van der Waals surface area contributed by atoms with Gasteiger partial charge in [-0.25, -0.2) is 0 Å². The van der Waals surface area contributed by atoms with Crippen LogP contribution in [0.1, 0.15) is 17.3 Å². The molecule has 2 rings (SSSR count). The van der Waals surface area contributed by atoms with Gasteiger partial charge in [0.05, 0.1) is 25.5 Å². The molecule has 0 aliphatic carbocycles. The molecule has 4 N–H and O–H groups in total. The highest BCUT2D eigenvalue weighted by Crippen LogP contribution is 2.28. The number of phenols is 1. The minimum Gasteiger partial charge on any atom is -0.507 e. The van der Waals surface area contributed by atoms with Crippen molar-refractivity contribution in [1.82, 2.24) is 10.9 Å². The summed E-state index contributed by atoms with van der Waals surface area (Å²) in [6.07, 6.45) is 1.27. The van der Waals surface area contributed by atoms with Gasteiger partial charge in [-0.2, -0.15) is 0 Å². The Morgan fingerprint density at radius 1 is 1.04 bits per heavy atom. The van der Waals surface area contributed by atoms with Gasteiger partial charge >= 0.3 is 0 Å². The van der Waals surface area contributed by atoms with E-state index in [2.05, 4.69) is 16.2 Å². The van der Waals surface area contributed by atoms with Gasteiger partial charge in [0.25, 0.3) is 5.91 Å². The van der Waals surface area contributed by atoms with Gasteiger partial charge in [0.2, 0.25) is 5.91 Å². The second kappa shape index (κ2) is 9.14. The Balaban J connectivity index is 1.99. The number of phenolic OH excluding ortho intramolecular Hbond substituents is 1. The molecule has 2 aromatic carbocycles. The third-order valence-electron chi connectivity index (χ3n) is 3.53. The van der Waals surface area contributed by atoms with Crippen LogP contribution in [0.25, 0.3) is 0 Å². The average Bonchev–Trinajstić information content (AvgIpc) is 2.66. The van der Waals surface area contributed by atoms with E-state index in [9.17, 15) is 14.7 Å². The van der Waals surface area contributed by atoms with Crippen LogP contribution < -0.4 is 25.6 Å². The first-order valence-corrected chi connectivity index (χ1v) is 8.00. The molecule has 0 atom stereocenters. The molecule has 142 valence electrons. The zero-order valence-corrected chi connectivity index (χ0v) is 15.2. The summed E-state index contributed by atoms with van der Waals surface area (Å²) in [6.45, 7) is 1.60. The highest BCUT2D eigenvalue weighted by atomic mass is 16.5. The van der Waals surface area contributed by atoms with E-state index in [1.54, 1.807) is 37.3 Å². The first-order chi connectivity index (χ1) is 12.9. The second-order valence-corrected chi connectivity index (χ2v) is 5.48. The summed E-state index contributed by atoms with van der Waals surface area (Å²) in [5, 5.41) is 12.3. The van der Waals surface area contributed by atoms with Crippen molar-refractivity contribution in [1.29, 1.82) is 0 Å². The first-order valence-electron chi connectivity index (χ1n) is 8.00. The predicted octanol–water partition coefficient (Wildman–Crippen LogP) is 2.19. The topological polar surface area (TPSA) is 109 Å². The van der Waals surface area contributed by atoms with E-state index >= 15 is 0 Å². The maximum absolute atomic E-state index is 12.2. The fourth-order valence-corrected chi connectivity index (χ4v) is 2.20. The molecule has 2 aromatic rings. The van der Waals surface area contributed by atoms with Crippen molar-refractivity contribution in [2.24, 2.45) is 0 Å². The molecule has 0 radical (unpaired) electrons. The molecule has 0 aliphatic heterocycles. The Labute approximate surface area is 156 Å². The summed E-state index contributed by atoms with van der Waals surface area (Å²) in [5.41, 5.74) is 5.97. The lowest BCUT2D eigenvalue weighted by molar-refractivity contribution is -0.112. The molecule has 0 aliphatic rings. The third-order valence-corrected chi connectivity index (χ3v) is 3.53. The summed E-state index contributed by atoms with van der Waals surface area (Å²) in [4.78, 5) is 24.2. The van der Waals surface area contributed by atoms with Crippen LogP contribution in [-0.4, -0.2) is 31.1 Å². The van der Waals surface area contributed by atoms with Gasteiger partial charge in [0, 0.05) is 17.8 Å². The fourth-order valence-electron chi connectivity index (χ4n) is 2.20. The molecule has 0 aromatic heterocycles. The zero-order valence-electron chi connectivity index (χ0n) is 15.2. The Kier molecular flexibility index (Phi) is 6.65.